The van der Waals surface area contributed by atoms with Gasteiger partial charge in [-0.3, -0.25) is 4.57 Å². The summed E-state index contributed by atoms with van der Waals surface area (Å²) in [5.41, 5.74) is 5.05. The fourth-order valence-electron chi connectivity index (χ4n) is 1.63. The molecule has 0 saturated carbocycles. The number of benzene rings is 1. The molecule has 0 amide bonds. The van der Waals surface area contributed by atoms with Crippen LogP contribution in [0.4, 0.5) is 0 Å². The lowest BCUT2D eigenvalue weighted by Gasteiger charge is -2.23. The van der Waals surface area contributed by atoms with Gasteiger partial charge in [-0.15, -0.1) is 0 Å². The van der Waals surface area contributed by atoms with E-state index in [-0.39, 0.29) is 12.6 Å². The van der Waals surface area contributed by atoms with Gasteiger partial charge in [-0.05, 0) is 24.5 Å². The van der Waals surface area contributed by atoms with E-state index in [9.17, 15) is 9.36 Å². The van der Waals surface area contributed by atoms with E-state index < -0.39 is 19.1 Å². The average Bonchev–Trinajstić information content (AvgIpc) is 2.25. The van der Waals surface area contributed by atoms with E-state index in [0.717, 1.165) is 0 Å². The Kier molecular flexibility index (Phi) is 4.29. The van der Waals surface area contributed by atoms with Crippen LogP contribution in [0.3, 0.4) is 0 Å². The topological polar surface area (TPSA) is 121 Å². The van der Waals surface area contributed by atoms with Gasteiger partial charge in [0, 0.05) is 0 Å². The highest BCUT2D eigenvalue weighted by Gasteiger charge is 2.32. The number of rotatable bonds is 5. The number of hydrogen-bond acceptors (Lipinski definition) is 3. The summed E-state index contributed by atoms with van der Waals surface area (Å²) in [5, 5.41) is 9.07. The maximum absolute atomic E-state index is 11.1. The second kappa shape index (κ2) is 5.20. The maximum Gasteiger partial charge on any atom is 0.328 e. The molecule has 0 heterocycles. The summed E-state index contributed by atoms with van der Waals surface area (Å²) in [4.78, 5) is 28.8. The molecule has 1 rings (SSSR count). The second-order valence-corrected chi connectivity index (χ2v) is 6.08. The van der Waals surface area contributed by atoms with Crippen molar-refractivity contribution in [3.63, 3.8) is 0 Å². The smallest absolute Gasteiger partial charge is 0.328 e. The second-order valence-electron chi connectivity index (χ2n) is 4.30. The molecular weight excluding hydrogens is 257 g/mol. The minimum Gasteiger partial charge on any atom is -0.480 e. The lowest BCUT2D eigenvalue weighted by molar-refractivity contribution is -0.143. The number of aliphatic carboxylic acids is 1. The Morgan fingerprint density at radius 3 is 2.44 bits per heavy atom. The summed E-state index contributed by atoms with van der Waals surface area (Å²) in [6.45, 7) is 1.35. The third-order valence-corrected chi connectivity index (χ3v) is 3.50. The van der Waals surface area contributed by atoms with Crippen LogP contribution >= 0.6 is 7.60 Å². The zero-order valence-electron chi connectivity index (χ0n) is 9.91. The Morgan fingerprint density at radius 2 is 1.94 bits per heavy atom. The normalized spacial score (nSPS) is 15.1. The lowest BCUT2D eigenvalue weighted by atomic mass is 9.88. The molecule has 0 aliphatic heterocycles. The van der Waals surface area contributed by atoms with Crippen LogP contribution in [0.1, 0.15) is 18.1 Å². The SMILES string of the molecule is CC(N)(C(=O)O)c1ccccc1CCP(=O)(O)O. The molecule has 5 N–H and O–H groups in total. The first-order valence-electron chi connectivity index (χ1n) is 5.30. The Labute approximate surface area is 105 Å². The van der Waals surface area contributed by atoms with Crippen molar-refractivity contribution in [1.29, 1.82) is 0 Å². The quantitative estimate of drug-likeness (QED) is 0.585. The molecule has 0 aromatic heterocycles. The number of carbonyl (C=O) groups is 1. The molecule has 18 heavy (non-hydrogen) atoms. The van der Waals surface area contributed by atoms with Gasteiger partial charge in [0.2, 0.25) is 0 Å². The van der Waals surface area contributed by atoms with Gasteiger partial charge < -0.3 is 20.6 Å². The first-order valence-corrected chi connectivity index (χ1v) is 7.09. The van der Waals surface area contributed by atoms with Crippen molar-refractivity contribution in [2.24, 2.45) is 5.73 Å². The summed E-state index contributed by atoms with van der Waals surface area (Å²) >= 11 is 0. The number of carboxylic acid groups (broad SMARTS) is 1. The average molecular weight is 273 g/mol. The summed E-state index contributed by atoms with van der Waals surface area (Å²) in [6, 6.07) is 6.50. The van der Waals surface area contributed by atoms with Crippen LogP contribution in [0.2, 0.25) is 0 Å². The van der Waals surface area contributed by atoms with E-state index in [1.54, 1.807) is 24.3 Å². The minimum atomic E-state index is -4.12. The Morgan fingerprint density at radius 1 is 1.39 bits per heavy atom. The lowest BCUT2D eigenvalue weighted by Crippen LogP contribution is -2.42. The van der Waals surface area contributed by atoms with Gasteiger partial charge in [-0.25, -0.2) is 4.79 Å². The van der Waals surface area contributed by atoms with E-state index >= 15 is 0 Å². The Balaban J connectivity index is 3.08. The third-order valence-electron chi connectivity index (χ3n) is 2.69. The molecule has 6 nitrogen and oxygen atoms in total. The van der Waals surface area contributed by atoms with Crippen LogP contribution in [0, 0.1) is 0 Å². The zero-order valence-corrected chi connectivity index (χ0v) is 10.8. The molecule has 1 unspecified atom stereocenters. The first kappa shape index (κ1) is 14.9. The summed E-state index contributed by atoms with van der Waals surface area (Å²) < 4.78 is 10.8. The van der Waals surface area contributed by atoms with Crippen LogP contribution in [0.5, 0.6) is 0 Å². The van der Waals surface area contributed by atoms with E-state index in [0.29, 0.717) is 11.1 Å². The van der Waals surface area contributed by atoms with E-state index in [2.05, 4.69) is 0 Å². The standard InChI is InChI=1S/C11H16NO5P/c1-11(12,10(13)14)9-5-3-2-4-8(9)6-7-18(15,16)17/h2-5H,6-7,12H2,1H3,(H,13,14)(H2,15,16,17). The van der Waals surface area contributed by atoms with E-state index in [4.69, 9.17) is 20.6 Å². The van der Waals surface area contributed by atoms with Crippen LogP contribution in [-0.4, -0.2) is 27.0 Å². The predicted octanol–water partition coefficient (Wildman–Crippen LogP) is 0.665. The summed E-state index contributed by atoms with van der Waals surface area (Å²) in [7, 11) is -4.12. The molecule has 0 bridgehead atoms. The van der Waals surface area contributed by atoms with Gasteiger partial charge in [0.25, 0.3) is 0 Å². The van der Waals surface area contributed by atoms with Gasteiger partial charge in [0.15, 0.2) is 0 Å². The van der Waals surface area contributed by atoms with Crippen molar-refractivity contribution in [3.8, 4) is 0 Å². The van der Waals surface area contributed by atoms with Crippen molar-refractivity contribution in [2.45, 2.75) is 18.9 Å². The predicted molar refractivity (Wildman–Crippen MR) is 66.2 cm³/mol. The molecule has 1 aromatic carbocycles. The molecule has 0 aliphatic carbocycles. The molecule has 0 radical (unpaired) electrons. The first-order chi connectivity index (χ1) is 8.14. The van der Waals surface area contributed by atoms with Crippen molar-refractivity contribution < 1.29 is 24.3 Å². The van der Waals surface area contributed by atoms with Crippen LogP contribution in [0.25, 0.3) is 0 Å². The Hall–Kier alpha value is -1.20. The minimum absolute atomic E-state index is 0.0839. The molecule has 100 valence electrons. The molecule has 7 heteroatoms. The van der Waals surface area contributed by atoms with Crippen molar-refractivity contribution in [2.75, 3.05) is 6.16 Å². The molecule has 0 spiro atoms. The molecule has 1 aromatic rings. The van der Waals surface area contributed by atoms with Crippen molar-refractivity contribution >= 4 is 13.6 Å². The van der Waals surface area contributed by atoms with Crippen LogP contribution < -0.4 is 5.73 Å². The van der Waals surface area contributed by atoms with Gasteiger partial charge in [-0.2, -0.15) is 0 Å². The summed E-state index contributed by atoms with van der Waals surface area (Å²) in [6.07, 6.45) is -0.250. The van der Waals surface area contributed by atoms with Gasteiger partial charge in [0.1, 0.15) is 5.54 Å². The number of carboxylic acids is 1. The molecule has 0 fully saturated rings. The number of hydrogen-bond donors (Lipinski definition) is 4. The van der Waals surface area contributed by atoms with Crippen LogP contribution in [-0.2, 0) is 21.3 Å². The highest BCUT2D eigenvalue weighted by molar-refractivity contribution is 7.51. The zero-order chi connectivity index (χ0) is 14.0. The Bertz CT molecular complexity index is 494. The van der Waals surface area contributed by atoms with Gasteiger partial charge in [0.05, 0.1) is 6.16 Å². The third kappa shape index (κ3) is 3.65. The molecule has 0 aliphatic rings. The fraction of sp³-hybridized carbons (Fsp3) is 0.364. The monoisotopic (exact) mass is 273 g/mol. The molecule has 0 saturated heterocycles. The van der Waals surface area contributed by atoms with Crippen molar-refractivity contribution in [3.05, 3.63) is 35.4 Å². The molecule has 1 atom stereocenters. The number of aryl methyl sites for hydroxylation is 1. The van der Waals surface area contributed by atoms with Crippen LogP contribution in [0.15, 0.2) is 24.3 Å². The van der Waals surface area contributed by atoms with Gasteiger partial charge >= 0.3 is 13.6 Å². The number of nitrogens with two attached hydrogens (primary N) is 1. The van der Waals surface area contributed by atoms with E-state index in [1.807, 2.05) is 0 Å². The summed E-state index contributed by atoms with van der Waals surface area (Å²) in [5.74, 6) is -1.19. The van der Waals surface area contributed by atoms with E-state index in [1.165, 1.54) is 6.92 Å². The largest absolute Gasteiger partial charge is 0.480 e. The fourth-order valence-corrected chi connectivity index (χ4v) is 2.16. The van der Waals surface area contributed by atoms with Crippen molar-refractivity contribution in [1.82, 2.24) is 0 Å². The highest BCUT2D eigenvalue weighted by Crippen LogP contribution is 2.36. The van der Waals surface area contributed by atoms with Gasteiger partial charge in [-0.1, -0.05) is 24.3 Å². The molecular formula is C11H16NO5P. The maximum atomic E-state index is 11.1. The highest BCUT2D eigenvalue weighted by atomic mass is 31.2.